The van der Waals surface area contributed by atoms with Crippen LogP contribution in [0, 0.1) is 11.3 Å². The standard InChI is InChI=1S/C15H8BrCl2N3/c16-10-2-4-13-12(6-10)20-15(7-17)21(13)14-5-9(8-19)1-3-11(14)18/h1-6H,7H2. The second-order valence-electron chi connectivity index (χ2n) is 4.41. The molecule has 0 bridgehead atoms. The van der Waals surface area contributed by atoms with E-state index < -0.39 is 0 Å². The first-order valence-electron chi connectivity index (χ1n) is 6.07. The number of hydrogen-bond donors (Lipinski definition) is 0. The van der Waals surface area contributed by atoms with Gasteiger partial charge < -0.3 is 0 Å². The van der Waals surface area contributed by atoms with Gasteiger partial charge in [-0.1, -0.05) is 27.5 Å². The Hall–Kier alpha value is -1.54. The minimum Gasteiger partial charge on any atom is -0.294 e. The van der Waals surface area contributed by atoms with Gasteiger partial charge in [0.15, 0.2) is 0 Å². The lowest BCUT2D eigenvalue weighted by atomic mass is 10.2. The monoisotopic (exact) mass is 379 g/mol. The lowest BCUT2D eigenvalue weighted by molar-refractivity contribution is 0.981. The molecular formula is C15H8BrCl2N3. The summed E-state index contributed by atoms with van der Waals surface area (Å²) in [5.74, 6) is 0.932. The maximum atomic E-state index is 9.08. The van der Waals surface area contributed by atoms with Gasteiger partial charge in [0.1, 0.15) is 5.82 Å². The predicted molar refractivity (Wildman–Crippen MR) is 88.1 cm³/mol. The van der Waals surface area contributed by atoms with Crippen LogP contribution in [0.25, 0.3) is 16.7 Å². The van der Waals surface area contributed by atoms with Gasteiger partial charge in [0.2, 0.25) is 0 Å². The van der Waals surface area contributed by atoms with E-state index in [1.807, 2.05) is 22.8 Å². The molecule has 3 rings (SSSR count). The Bertz CT molecular complexity index is 880. The Morgan fingerprint density at radius 3 is 2.76 bits per heavy atom. The van der Waals surface area contributed by atoms with E-state index in [-0.39, 0.29) is 5.88 Å². The Morgan fingerprint density at radius 1 is 1.24 bits per heavy atom. The highest BCUT2D eigenvalue weighted by molar-refractivity contribution is 9.10. The molecule has 0 N–H and O–H groups in total. The molecule has 0 saturated carbocycles. The number of halogens is 3. The molecule has 1 heterocycles. The molecule has 0 aliphatic heterocycles. The summed E-state index contributed by atoms with van der Waals surface area (Å²) >= 11 is 15.7. The first-order valence-corrected chi connectivity index (χ1v) is 7.77. The van der Waals surface area contributed by atoms with E-state index in [0.29, 0.717) is 22.1 Å². The van der Waals surface area contributed by atoms with Crippen LogP contribution in [0.3, 0.4) is 0 Å². The van der Waals surface area contributed by atoms with E-state index in [4.69, 9.17) is 28.5 Å². The van der Waals surface area contributed by atoms with Crippen molar-refractivity contribution in [2.24, 2.45) is 0 Å². The van der Waals surface area contributed by atoms with Gasteiger partial charge in [-0.2, -0.15) is 5.26 Å². The molecule has 3 aromatic rings. The number of hydrogen-bond acceptors (Lipinski definition) is 2. The van der Waals surface area contributed by atoms with Crippen LogP contribution in [0.5, 0.6) is 0 Å². The SMILES string of the molecule is N#Cc1ccc(Cl)c(-n2c(CCl)nc3cc(Br)ccc32)c1. The third-order valence-electron chi connectivity index (χ3n) is 3.12. The highest BCUT2D eigenvalue weighted by Gasteiger charge is 2.15. The largest absolute Gasteiger partial charge is 0.294 e. The molecular weight excluding hydrogens is 373 g/mol. The summed E-state index contributed by atoms with van der Waals surface area (Å²) < 4.78 is 2.83. The zero-order valence-electron chi connectivity index (χ0n) is 10.6. The topological polar surface area (TPSA) is 41.6 Å². The molecule has 0 spiro atoms. The predicted octanol–water partition coefficient (Wildman–Crippen LogP) is 5.05. The molecule has 1 aromatic heterocycles. The van der Waals surface area contributed by atoms with Gasteiger partial charge in [-0.25, -0.2) is 4.98 Å². The third-order valence-corrected chi connectivity index (χ3v) is 4.17. The number of aromatic nitrogens is 2. The van der Waals surface area contributed by atoms with Crippen LogP contribution >= 0.6 is 39.1 Å². The number of nitriles is 1. The Labute approximate surface area is 139 Å². The lowest BCUT2D eigenvalue weighted by Gasteiger charge is -2.10. The van der Waals surface area contributed by atoms with Gasteiger partial charge in [-0.3, -0.25) is 4.57 Å². The molecule has 0 aliphatic rings. The van der Waals surface area contributed by atoms with Gasteiger partial charge in [-0.15, -0.1) is 11.6 Å². The molecule has 104 valence electrons. The second-order valence-corrected chi connectivity index (χ2v) is 6.00. The molecule has 0 saturated heterocycles. The van der Waals surface area contributed by atoms with E-state index in [9.17, 15) is 0 Å². The zero-order valence-corrected chi connectivity index (χ0v) is 13.7. The van der Waals surface area contributed by atoms with Crippen molar-refractivity contribution in [2.45, 2.75) is 5.88 Å². The van der Waals surface area contributed by atoms with Crippen molar-refractivity contribution in [1.82, 2.24) is 9.55 Å². The van der Waals surface area contributed by atoms with Gasteiger partial charge >= 0.3 is 0 Å². The van der Waals surface area contributed by atoms with Crippen molar-refractivity contribution in [3.63, 3.8) is 0 Å². The minimum atomic E-state index is 0.249. The molecule has 0 aliphatic carbocycles. The fourth-order valence-corrected chi connectivity index (χ4v) is 2.95. The van der Waals surface area contributed by atoms with Crippen molar-refractivity contribution in [1.29, 1.82) is 5.26 Å². The molecule has 2 aromatic carbocycles. The average molecular weight is 381 g/mol. The molecule has 3 nitrogen and oxygen atoms in total. The van der Waals surface area contributed by atoms with E-state index in [1.54, 1.807) is 18.2 Å². The molecule has 0 unspecified atom stereocenters. The van der Waals surface area contributed by atoms with Gasteiger partial charge in [0.05, 0.1) is 39.3 Å². The first-order chi connectivity index (χ1) is 10.1. The van der Waals surface area contributed by atoms with Crippen LogP contribution < -0.4 is 0 Å². The van der Waals surface area contributed by atoms with E-state index >= 15 is 0 Å². The third kappa shape index (κ3) is 2.53. The Morgan fingerprint density at radius 2 is 2.05 bits per heavy atom. The van der Waals surface area contributed by atoms with Gasteiger partial charge in [0, 0.05) is 4.47 Å². The van der Waals surface area contributed by atoms with Crippen LogP contribution in [0.2, 0.25) is 5.02 Å². The maximum Gasteiger partial charge on any atom is 0.129 e. The van der Waals surface area contributed by atoms with Crippen molar-refractivity contribution in [3.8, 4) is 11.8 Å². The van der Waals surface area contributed by atoms with Crippen molar-refractivity contribution in [2.75, 3.05) is 0 Å². The summed E-state index contributed by atoms with van der Waals surface area (Å²) in [7, 11) is 0. The summed E-state index contributed by atoms with van der Waals surface area (Å²) in [5.41, 5.74) is 2.95. The maximum absolute atomic E-state index is 9.08. The lowest BCUT2D eigenvalue weighted by Crippen LogP contribution is -2.00. The number of nitrogens with zero attached hydrogens (tertiary/aromatic N) is 3. The van der Waals surface area contributed by atoms with E-state index in [0.717, 1.165) is 15.5 Å². The Kier molecular flexibility index (Phi) is 3.90. The highest BCUT2D eigenvalue weighted by Crippen LogP contribution is 2.29. The van der Waals surface area contributed by atoms with Crippen molar-refractivity contribution in [3.05, 3.63) is 57.3 Å². The second kappa shape index (κ2) is 5.69. The summed E-state index contributed by atoms with van der Waals surface area (Å²) in [6, 6.07) is 13.0. The molecule has 0 amide bonds. The number of alkyl halides is 1. The molecule has 0 radical (unpaired) electrons. The number of rotatable bonds is 2. The van der Waals surface area contributed by atoms with Crippen molar-refractivity contribution < 1.29 is 0 Å². The number of fused-ring (bicyclic) bond motifs is 1. The number of benzene rings is 2. The van der Waals surface area contributed by atoms with E-state index in [2.05, 4.69) is 27.0 Å². The minimum absolute atomic E-state index is 0.249. The van der Waals surface area contributed by atoms with Crippen LogP contribution in [0.4, 0.5) is 0 Å². The Balaban J connectivity index is 2.36. The van der Waals surface area contributed by atoms with Crippen molar-refractivity contribution >= 4 is 50.2 Å². The van der Waals surface area contributed by atoms with Gasteiger partial charge in [-0.05, 0) is 36.4 Å². The van der Waals surface area contributed by atoms with Crippen LogP contribution in [0.1, 0.15) is 11.4 Å². The van der Waals surface area contributed by atoms with E-state index in [1.165, 1.54) is 0 Å². The normalized spacial score (nSPS) is 10.8. The highest BCUT2D eigenvalue weighted by atomic mass is 79.9. The average Bonchev–Trinajstić information content (AvgIpc) is 2.85. The number of imidazole rings is 1. The van der Waals surface area contributed by atoms with Crippen LogP contribution in [0.15, 0.2) is 40.9 Å². The quantitative estimate of drug-likeness (QED) is 0.583. The summed E-state index contributed by atoms with van der Waals surface area (Å²) in [5, 5.41) is 9.62. The zero-order chi connectivity index (χ0) is 15.0. The van der Waals surface area contributed by atoms with Crippen LogP contribution in [-0.4, -0.2) is 9.55 Å². The molecule has 6 heteroatoms. The fraction of sp³-hybridized carbons (Fsp3) is 0.0667. The summed E-state index contributed by atoms with van der Waals surface area (Å²) in [6.07, 6.45) is 0. The summed E-state index contributed by atoms with van der Waals surface area (Å²) in [4.78, 5) is 4.52. The fourth-order valence-electron chi connectivity index (χ4n) is 2.22. The van der Waals surface area contributed by atoms with Crippen LogP contribution in [-0.2, 0) is 5.88 Å². The molecule has 0 fully saturated rings. The molecule has 21 heavy (non-hydrogen) atoms. The summed E-state index contributed by atoms with van der Waals surface area (Å²) in [6.45, 7) is 0. The smallest absolute Gasteiger partial charge is 0.129 e. The van der Waals surface area contributed by atoms with Gasteiger partial charge in [0.25, 0.3) is 0 Å². The first kappa shape index (κ1) is 14.4. The molecule has 0 atom stereocenters.